The van der Waals surface area contributed by atoms with Gasteiger partial charge in [0.2, 0.25) is 0 Å². The maximum atomic E-state index is 2.57. The zero-order valence-electron chi connectivity index (χ0n) is 71.8. The molecule has 107 heavy (non-hydrogen) atoms. The molecule has 10 rings (SSSR count). The summed E-state index contributed by atoms with van der Waals surface area (Å²) in [5.41, 5.74) is 40.8. The van der Waals surface area contributed by atoms with Crippen LogP contribution in [0.2, 0.25) is 0 Å². The number of hydrogen-bond donors (Lipinski definition) is 0. The van der Waals surface area contributed by atoms with Crippen LogP contribution in [0.3, 0.4) is 0 Å². The van der Waals surface area contributed by atoms with E-state index in [9.17, 15) is 0 Å². The molecule has 0 aliphatic rings. The molecular formula is C105H134N2. The Labute approximate surface area is 651 Å². The third-order valence-corrected chi connectivity index (χ3v) is 23.0. The standard InChI is InChI=1S/C105H134N2/c1-60(2)79-49-91(65(11)12)101(92(50-79)66(13)14)75-31-39-85(40-32-75)106(86-41-33-76(34-42-86)102-93(67(15)16)51-80(61(3)4)52-94(102)68(17)18)89-47-84(105-99(73(27)28)57-83(64(9)10)58-100(105)74(29)30)48-90(59-89)107(87-43-35-77(36-44-87)103-95(69(19)20)53-81(62(5)6)54-96(103)70(21)22)88-45-37-78(38-46-88)104-97(71(23)24)55-82(63(7)8)56-98(104)72(25)26/h31-74H,1-30H3. The molecule has 0 amide bonds. The lowest BCUT2D eigenvalue weighted by Crippen LogP contribution is -2.14. The molecule has 0 radical (unpaired) electrons. The van der Waals surface area contributed by atoms with Crippen molar-refractivity contribution < 1.29 is 0 Å². The van der Waals surface area contributed by atoms with Crippen LogP contribution in [0.1, 0.15) is 380 Å². The van der Waals surface area contributed by atoms with Gasteiger partial charge in [-0.05, 0) is 295 Å². The monoisotopic (exact) mass is 1420 g/mol. The van der Waals surface area contributed by atoms with Crippen LogP contribution >= 0.6 is 0 Å². The second kappa shape index (κ2) is 33.7. The second-order valence-corrected chi connectivity index (χ2v) is 36.3. The Morgan fingerprint density at radius 1 is 0.140 bits per heavy atom. The Balaban J connectivity index is 1.33. The summed E-state index contributed by atoms with van der Waals surface area (Å²) < 4.78 is 0. The highest BCUT2D eigenvalue weighted by atomic mass is 15.2. The Bertz CT molecular complexity index is 4060. The molecule has 10 aromatic rings. The van der Waals surface area contributed by atoms with E-state index in [1.54, 1.807) is 0 Å². The van der Waals surface area contributed by atoms with Crippen molar-refractivity contribution in [3.63, 3.8) is 0 Å². The van der Waals surface area contributed by atoms with Gasteiger partial charge < -0.3 is 9.80 Å². The highest BCUT2D eigenvalue weighted by molar-refractivity contribution is 5.91. The van der Waals surface area contributed by atoms with Gasteiger partial charge in [0.1, 0.15) is 0 Å². The smallest absolute Gasteiger partial charge is 0.0488 e. The van der Waals surface area contributed by atoms with Gasteiger partial charge in [0.15, 0.2) is 0 Å². The predicted octanol–water partition coefficient (Wildman–Crippen LogP) is 33.8. The van der Waals surface area contributed by atoms with E-state index in [0.717, 1.165) is 34.1 Å². The van der Waals surface area contributed by atoms with Gasteiger partial charge in [-0.15, -0.1) is 0 Å². The van der Waals surface area contributed by atoms with Crippen LogP contribution in [0.15, 0.2) is 176 Å². The first-order chi connectivity index (χ1) is 50.5. The molecule has 0 aliphatic heterocycles. The summed E-state index contributed by atoms with van der Waals surface area (Å²) >= 11 is 0. The predicted molar refractivity (Wildman–Crippen MR) is 474 cm³/mol. The van der Waals surface area contributed by atoms with Gasteiger partial charge in [-0.25, -0.2) is 0 Å². The van der Waals surface area contributed by atoms with Crippen LogP contribution in [0.4, 0.5) is 34.1 Å². The van der Waals surface area contributed by atoms with Crippen molar-refractivity contribution in [2.45, 2.75) is 296 Å². The summed E-state index contributed by atoms with van der Waals surface area (Å²) in [5, 5.41) is 0. The summed E-state index contributed by atoms with van der Waals surface area (Å²) in [5.74, 6) is 5.37. The number of nitrogens with zero attached hydrogens (tertiary/aromatic N) is 2. The Hall–Kier alpha value is -8.20. The highest BCUT2D eigenvalue weighted by Gasteiger charge is 2.29. The fourth-order valence-corrected chi connectivity index (χ4v) is 16.4. The van der Waals surface area contributed by atoms with Crippen molar-refractivity contribution in [3.05, 3.63) is 259 Å². The van der Waals surface area contributed by atoms with Crippen LogP contribution in [0.5, 0.6) is 0 Å². The maximum absolute atomic E-state index is 2.57. The Kier molecular flexibility index (Phi) is 25.6. The average molecular weight is 1420 g/mol. The highest BCUT2D eigenvalue weighted by Crippen LogP contribution is 2.51. The number of anilines is 6. The fraction of sp³-hybridized carbons (Fsp3) is 0.429. The first-order valence-electron chi connectivity index (χ1n) is 41.5. The van der Waals surface area contributed by atoms with Crippen LogP contribution in [-0.4, -0.2) is 0 Å². The van der Waals surface area contributed by atoms with Gasteiger partial charge in [-0.1, -0.05) is 317 Å². The lowest BCUT2D eigenvalue weighted by atomic mass is 9.81. The van der Waals surface area contributed by atoms with Crippen molar-refractivity contribution in [2.75, 3.05) is 9.80 Å². The van der Waals surface area contributed by atoms with Gasteiger partial charge in [0.05, 0.1) is 0 Å². The molecule has 0 aromatic heterocycles. The zero-order valence-corrected chi connectivity index (χ0v) is 71.8. The molecule has 564 valence electrons. The summed E-state index contributed by atoms with van der Waals surface area (Å²) in [6.45, 7) is 70.9. The molecule has 2 nitrogen and oxygen atoms in total. The summed E-state index contributed by atoms with van der Waals surface area (Å²) in [7, 11) is 0. The number of benzene rings is 10. The molecule has 0 N–H and O–H groups in total. The zero-order chi connectivity index (χ0) is 78.2. The fourth-order valence-electron chi connectivity index (χ4n) is 16.4. The minimum atomic E-state index is 0.255. The van der Waals surface area contributed by atoms with Crippen LogP contribution in [0, 0.1) is 0 Å². The molecule has 0 fully saturated rings. The number of hydrogen-bond acceptors (Lipinski definition) is 2. The summed E-state index contributed by atoms with van der Waals surface area (Å²) in [4.78, 5) is 5.15. The molecule has 2 heteroatoms. The molecule has 10 aromatic carbocycles. The lowest BCUT2D eigenvalue weighted by molar-refractivity contribution is 0.807. The van der Waals surface area contributed by atoms with Gasteiger partial charge >= 0.3 is 0 Å². The van der Waals surface area contributed by atoms with Crippen molar-refractivity contribution in [3.8, 4) is 55.6 Å². The average Bonchev–Trinajstić information content (AvgIpc) is 0.765. The van der Waals surface area contributed by atoms with E-state index in [-0.39, 0.29) is 11.8 Å². The Morgan fingerprint density at radius 2 is 0.280 bits per heavy atom. The van der Waals surface area contributed by atoms with Crippen molar-refractivity contribution in [2.24, 2.45) is 0 Å². The van der Waals surface area contributed by atoms with E-state index in [1.165, 1.54) is 139 Å². The molecule has 0 unspecified atom stereocenters. The molecule has 0 bridgehead atoms. The molecule has 0 spiro atoms. The molecule has 0 atom stereocenters. The molecule has 0 saturated heterocycles. The third kappa shape index (κ3) is 17.3. The quantitative estimate of drug-likeness (QED) is 0.0533. The first-order valence-corrected chi connectivity index (χ1v) is 41.5. The maximum Gasteiger partial charge on any atom is 0.0488 e. The second-order valence-electron chi connectivity index (χ2n) is 36.3. The van der Waals surface area contributed by atoms with Gasteiger partial charge in [-0.3, -0.25) is 0 Å². The van der Waals surface area contributed by atoms with Crippen molar-refractivity contribution in [1.82, 2.24) is 0 Å². The summed E-state index contributed by atoms with van der Waals surface area (Å²) in [6, 6.07) is 71.4. The summed E-state index contributed by atoms with van der Waals surface area (Å²) in [6.07, 6.45) is 0. The van der Waals surface area contributed by atoms with E-state index < -0.39 is 0 Å². The minimum Gasteiger partial charge on any atom is -0.310 e. The molecule has 0 saturated carbocycles. The molecule has 0 aliphatic carbocycles. The van der Waals surface area contributed by atoms with Crippen molar-refractivity contribution in [1.29, 1.82) is 0 Å². The van der Waals surface area contributed by atoms with Gasteiger partial charge in [-0.2, -0.15) is 0 Å². The Morgan fingerprint density at radius 3 is 0.411 bits per heavy atom. The van der Waals surface area contributed by atoms with E-state index in [1.807, 2.05) is 0 Å². The largest absolute Gasteiger partial charge is 0.310 e. The SMILES string of the molecule is CC(C)c1cc(C(C)C)c(-c2ccc(N(c3ccc(-c4c(C(C)C)cc(C(C)C)cc4C(C)C)cc3)c3cc(-c4c(C(C)C)cc(C(C)C)cc4C(C)C)cc(N(c4ccc(-c5c(C(C)C)cc(C(C)C)cc5C(C)C)cc4)c4ccc(-c5c(C(C)C)cc(C(C)C)cc5C(C)C)cc4)c3)cc2)c(C(C)C)c1. The van der Waals surface area contributed by atoms with Crippen molar-refractivity contribution >= 4 is 34.1 Å². The third-order valence-electron chi connectivity index (χ3n) is 23.0. The minimum absolute atomic E-state index is 0.255. The number of rotatable bonds is 26. The van der Waals surface area contributed by atoms with E-state index in [0.29, 0.717) is 76.9 Å². The van der Waals surface area contributed by atoms with Crippen LogP contribution in [0.25, 0.3) is 55.6 Å². The van der Waals surface area contributed by atoms with Crippen LogP contribution in [-0.2, 0) is 0 Å². The van der Waals surface area contributed by atoms with Gasteiger partial charge in [0, 0.05) is 34.1 Å². The topological polar surface area (TPSA) is 6.48 Å². The van der Waals surface area contributed by atoms with Gasteiger partial charge in [0.25, 0.3) is 0 Å². The van der Waals surface area contributed by atoms with E-state index >= 15 is 0 Å². The van der Waals surface area contributed by atoms with E-state index in [2.05, 4.69) is 393 Å². The molecule has 0 heterocycles. The lowest BCUT2D eigenvalue weighted by Gasteiger charge is -2.32. The first kappa shape index (κ1) is 81.3. The van der Waals surface area contributed by atoms with Crippen LogP contribution < -0.4 is 9.80 Å². The normalized spacial score (nSPS) is 12.3. The molecular weight excluding hydrogens is 1290 g/mol. The van der Waals surface area contributed by atoms with E-state index in [4.69, 9.17) is 0 Å².